The van der Waals surface area contributed by atoms with Crippen molar-refractivity contribution in [1.82, 2.24) is 4.98 Å². The van der Waals surface area contributed by atoms with E-state index in [1.807, 2.05) is 0 Å². The van der Waals surface area contributed by atoms with Crippen molar-refractivity contribution >= 4 is 37.7 Å². The Morgan fingerprint density at radius 2 is 1.06 bits per heavy atom. The number of aryl methyl sites for hydroxylation is 6. The van der Waals surface area contributed by atoms with Gasteiger partial charge < -0.3 is 4.98 Å². The largest absolute Gasteiger partial charge is 0.354 e. The lowest BCUT2D eigenvalue weighted by atomic mass is 9.91. The van der Waals surface area contributed by atoms with Crippen LogP contribution in [0.4, 0.5) is 0 Å². The first-order valence-corrected chi connectivity index (χ1v) is 11.9. The van der Waals surface area contributed by atoms with E-state index in [1.54, 1.807) is 0 Å². The molecule has 0 bridgehead atoms. The van der Waals surface area contributed by atoms with Crippen LogP contribution in [0.2, 0.25) is 0 Å². The molecule has 0 spiro atoms. The topological polar surface area (TPSA) is 15.8 Å². The summed E-state index contributed by atoms with van der Waals surface area (Å²) in [6, 6.07) is 20.5. The first-order chi connectivity index (χ1) is 15.2. The minimum Gasteiger partial charge on any atom is -0.354 e. The molecule has 0 aliphatic heterocycles. The lowest BCUT2D eigenvalue weighted by Gasteiger charge is -2.13. The SMILES string of the molecule is Cc1cc(C)c(-c2ccc3[nH]c4c(Br)cc(-c5c(C)cc(C)cc5C)cc4c3c2)c(C)c1. The molecule has 32 heavy (non-hydrogen) atoms. The first kappa shape index (κ1) is 21.0. The summed E-state index contributed by atoms with van der Waals surface area (Å²) in [7, 11) is 0. The average molecular weight is 482 g/mol. The molecule has 5 aromatic rings. The Morgan fingerprint density at radius 3 is 1.62 bits per heavy atom. The van der Waals surface area contributed by atoms with Gasteiger partial charge >= 0.3 is 0 Å². The Morgan fingerprint density at radius 1 is 0.562 bits per heavy atom. The molecule has 0 amide bonds. The highest BCUT2D eigenvalue weighted by atomic mass is 79.9. The summed E-state index contributed by atoms with van der Waals surface area (Å²) in [6.45, 7) is 13.2. The van der Waals surface area contributed by atoms with Gasteiger partial charge in [0.15, 0.2) is 0 Å². The lowest BCUT2D eigenvalue weighted by Crippen LogP contribution is -1.91. The smallest absolute Gasteiger partial charge is 0.0609 e. The van der Waals surface area contributed by atoms with Crippen LogP contribution >= 0.6 is 15.9 Å². The maximum atomic E-state index is 3.85. The number of H-pyrrole nitrogens is 1. The van der Waals surface area contributed by atoms with Gasteiger partial charge in [0.2, 0.25) is 0 Å². The van der Waals surface area contributed by atoms with E-state index >= 15 is 0 Å². The van der Waals surface area contributed by atoms with Crippen LogP contribution in [-0.2, 0) is 0 Å². The second-order valence-corrected chi connectivity index (χ2v) is 10.2. The van der Waals surface area contributed by atoms with Gasteiger partial charge in [-0.15, -0.1) is 0 Å². The summed E-state index contributed by atoms with van der Waals surface area (Å²) in [5, 5.41) is 2.52. The Kier molecular flexibility index (Phi) is 5.02. The highest BCUT2D eigenvalue weighted by molar-refractivity contribution is 9.10. The van der Waals surface area contributed by atoms with Crippen LogP contribution in [0.15, 0.2) is 59.1 Å². The fourth-order valence-electron chi connectivity index (χ4n) is 5.53. The average Bonchev–Trinajstić information content (AvgIpc) is 3.05. The first-order valence-electron chi connectivity index (χ1n) is 11.1. The van der Waals surface area contributed by atoms with E-state index in [1.165, 1.54) is 71.9 Å². The fraction of sp³-hybridized carbons (Fsp3) is 0.200. The van der Waals surface area contributed by atoms with Gasteiger partial charge in [-0.25, -0.2) is 0 Å². The fourth-order valence-corrected chi connectivity index (χ4v) is 6.09. The van der Waals surface area contributed by atoms with Crippen molar-refractivity contribution in [2.45, 2.75) is 41.5 Å². The molecule has 0 aliphatic rings. The van der Waals surface area contributed by atoms with E-state index < -0.39 is 0 Å². The van der Waals surface area contributed by atoms with Gasteiger partial charge in [0, 0.05) is 20.8 Å². The van der Waals surface area contributed by atoms with Crippen molar-refractivity contribution in [2.75, 3.05) is 0 Å². The zero-order valence-electron chi connectivity index (χ0n) is 19.6. The summed E-state index contributed by atoms with van der Waals surface area (Å²) < 4.78 is 1.10. The maximum absolute atomic E-state index is 3.85. The third kappa shape index (κ3) is 3.38. The normalized spacial score (nSPS) is 11.6. The molecule has 0 atom stereocenters. The summed E-state index contributed by atoms with van der Waals surface area (Å²) in [6.07, 6.45) is 0. The molecular formula is C30H28BrN. The summed E-state index contributed by atoms with van der Waals surface area (Å²) in [4.78, 5) is 3.63. The third-order valence-electron chi connectivity index (χ3n) is 6.59. The minimum absolute atomic E-state index is 1.10. The van der Waals surface area contributed by atoms with Gasteiger partial charge in [-0.05, 0) is 126 Å². The zero-order chi connectivity index (χ0) is 22.7. The number of rotatable bonds is 2. The molecule has 0 saturated heterocycles. The number of aromatic nitrogens is 1. The summed E-state index contributed by atoms with van der Waals surface area (Å²) >= 11 is 3.85. The summed E-state index contributed by atoms with van der Waals surface area (Å²) in [5.41, 5.74) is 15.4. The van der Waals surface area contributed by atoms with Crippen LogP contribution in [0, 0.1) is 41.5 Å². The van der Waals surface area contributed by atoms with Crippen molar-refractivity contribution in [3.63, 3.8) is 0 Å². The molecule has 1 nitrogen and oxygen atoms in total. The molecule has 1 aromatic heterocycles. The number of nitrogens with one attached hydrogen (secondary N) is 1. The van der Waals surface area contributed by atoms with Crippen LogP contribution in [0.1, 0.15) is 33.4 Å². The standard InChI is InChI=1S/C30H28BrN/c1-16-9-18(3)28(19(4)10-16)22-7-8-27-24(13-22)25-14-23(15-26(31)30(25)32-27)29-20(5)11-17(2)12-21(29)6/h7-15,32H,1-6H3. The second-order valence-electron chi connectivity index (χ2n) is 9.31. The van der Waals surface area contributed by atoms with Gasteiger partial charge in [-0.1, -0.05) is 41.5 Å². The molecule has 1 N–H and O–H groups in total. The van der Waals surface area contributed by atoms with Gasteiger partial charge in [-0.2, -0.15) is 0 Å². The number of halogens is 1. The number of aromatic amines is 1. The molecule has 2 heteroatoms. The van der Waals surface area contributed by atoms with Crippen LogP contribution in [0.3, 0.4) is 0 Å². The van der Waals surface area contributed by atoms with Crippen molar-refractivity contribution in [3.8, 4) is 22.3 Å². The predicted octanol–water partition coefficient (Wildman–Crippen LogP) is 9.27. The van der Waals surface area contributed by atoms with Crippen molar-refractivity contribution < 1.29 is 0 Å². The number of fused-ring (bicyclic) bond motifs is 3. The van der Waals surface area contributed by atoms with Crippen LogP contribution in [0.5, 0.6) is 0 Å². The molecule has 0 fully saturated rings. The summed E-state index contributed by atoms with van der Waals surface area (Å²) in [5.74, 6) is 0. The van der Waals surface area contributed by atoms with Gasteiger partial charge in [-0.3, -0.25) is 0 Å². The molecular weight excluding hydrogens is 454 g/mol. The Bertz CT molecular complexity index is 1490. The quantitative estimate of drug-likeness (QED) is 0.258. The molecule has 0 saturated carbocycles. The number of hydrogen-bond acceptors (Lipinski definition) is 0. The van der Waals surface area contributed by atoms with E-state index in [2.05, 4.69) is 117 Å². The highest BCUT2D eigenvalue weighted by Crippen LogP contribution is 2.39. The van der Waals surface area contributed by atoms with Crippen LogP contribution in [-0.4, -0.2) is 4.98 Å². The van der Waals surface area contributed by atoms with E-state index in [4.69, 9.17) is 0 Å². The van der Waals surface area contributed by atoms with Gasteiger partial charge in [0.05, 0.1) is 5.52 Å². The zero-order valence-corrected chi connectivity index (χ0v) is 21.2. The van der Waals surface area contributed by atoms with E-state index in [0.29, 0.717) is 0 Å². The lowest BCUT2D eigenvalue weighted by molar-refractivity contribution is 1.32. The molecule has 0 radical (unpaired) electrons. The molecule has 4 aromatic carbocycles. The van der Waals surface area contributed by atoms with E-state index in [9.17, 15) is 0 Å². The van der Waals surface area contributed by atoms with E-state index in [0.717, 1.165) is 9.99 Å². The molecule has 1 heterocycles. The van der Waals surface area contributed by atoms with Gasteiger partial charge in [0.25, 0.3) is 0 Å². The van der Waals surface area contributed by atoms with Crippen LogP contribution < -0.4 is 0 Å². The maximum Gasteiger partial charge on any atom is 0.0609 e. The Balaban J connectivity index is 1.78. The molecule has 0 aliphatic carbocycles. The van der Waals surface area contributed by atoms with Crippen molar-refractivity contribution in [3.05, 3.63) is 92.5 Å². The van der Waals surface area contributed by atoms with Crippen LogP contribution in [0.25, 0.3) is 44.1 Å². The molecule has 5 rings (SSSR count). The second kappa shape index (κ2) is 7.64. The minimum atomic E-state index is 1.10. The predicted molar refractivity (Wildman–Crippen MR) is 143 cm³/mol. The molecule has 0 unspecified atom stereocenters. The van der Waals surface area contributed by atoms with Crippen molar-refractivity contribution in [1.29, 1.82) is 0 Å². The van der Waals surface area contributed by atoms with Crippen molar-refractivity contribution in [2.24, 2.45) is 0 Å². The number of hydrogen-bond donors (Lipinski definition) is 1. The molecule has 160 valence electrons. The van der Waals surface area contributed by atoms with E-state index in [-0.39, 0.29) is 0 Å². The Labute approximate surface area is 198 Å². The number of benzene rings is 4. The monoisotopic (exact) mass is 481 g/mol. The highest BCUT2D eigenvalue weighted by Gasteiger charge is 2.15. The Hall–Kier alpha value is -2.84. The van der Waals surface area contributed by atoms with Gasteiger partial charge in [0.1, 0.15) is 0 Å². The third-order valence-corrected chi connectivity index (χ3v) is 7.22.